The van der Waals surface area contributed by atoms with E-state index in [9.17, 15) is 14.7 Å². The molecule has 1 saturated heterocycles. The summed E-state index contributed by atoms with van der Waals surface area (Å²) in [5.41, 5.74) is 3.36. The zero-order valence-corrected chi connectivity index (χ0v) is 28.4. The van der Waals surface area contributed by atoms with Gasteiger partial charge in [0.15, 0.2) is 0 Å². The summed E-state index contributed by atoms with van der Waals surface area (Å²) in [5.74, 6) is -0.204. The number of carbonyl (C=O) groups is 2. The van der Waals surface area contributed by atoms with Crippen LogP contribution in [0.1, 0.15) is 63.0 Å². The Bertz CT molecular complexity index is 1540. The second kappa shape index (κ2) is 12.3. The van der Waals surface area contributed by atoms with Crippen molar-refractivity contribution in [2.45, 2.75) is 79.4 Å². The summed E-state index contributed by atoms with van der Waals surface area (Å²) in [6.45, 7) is 22.7. The van der Waals surface area contributed by atoms with Crippen molar-refractivity contribution in [1.82, 2.24) is 19.7 Å². The number of rotatable bonds is 7. The highest BCUT2D eigenvalue weighted by Gasteiger charge is 2.32. The van der Waals surface area contributed by atoms with Crippen molar-refractivity contribution in [3.8, 4) is 17.0 Å². The molecule has 44 heavy (non-hydrogen) atoms. The van der Waals surface area contributed by atoms with Crippen LogP contribution in [0.25, 0.3) is 22.2 Å². The molecule has 1 aromatic heterocycles. The molecule has 1 atom stereocenters. The lowest BCUT2D eigenvalue weighted by molar-refractivity contribution is 0.0279. The number of hydrogen-bond acceptors (Lipinski definition) is 7. The lowest BCUT2D eigenvalue weighted by atomic mass is 9.89. The summed E-state index contributed by atoms with van der Waals surface area (Å²) in [5, 5.41) is 14.1. The minimum Gasteiger partial charge on any atom is -0.508 e. The highest BCUT2D eigenvalue weighted by molar-refractivity contribution is 6.48. The van der Waals surface area contributed by atoms with Crippen LogP contribution in [-0.2, 0) is 22.3 Å². The Morgan fingerprint density at radius 3 is 2.32 bits per heavy atom. The molecule has 3 heterocycles. The van der Waals surface area contributed by atoms with Crippen LogP contribution in [0, 0.1) is 5.41 Å². The standard InChI is InChI=1S/C34H47N4O5Si/c1-33(2,3)29(43-44(7)8)21-37-15-13-36(14-16-37)20-22-9-11-26-23(17-22)18-27(38(26)32(41)42-34(4,5)6)24-10-12-28(39)25-19-35-31(40)30(24)25/h9-12,17-18,29,39H,13-16,19-21H2,1-8H3,(H,35,40). The number of phenolic OH excluding ortho intramolecular Hbond substituents is 1. The van der Waals surface area contributed by atoms with Gasteiger partial charge in [-0.3, -0.25) is 14.6 Å². The second-order valence-electron chi connectivity index (χ2n) is 14.4. The molecule has 2 aliphatic heterocycles. The molecule has 237 valence electrons. The molecule has 0 spiro atoms. The van der Waals surface area contributed by atoms with Gasteiger partial charge in [-0.15, -0.1) is 0 Å². The Morgan fingerprint density at radius 1 is 1.00 bits per heavy atom. The van der Waals surface area contributed by atoms with Gasteiger partial charge in [0.05, 0.1) is 22.9 Å². The molecule has 2 N–H and O–H groups in total. The highest BCUT2D eigenvalue weighted by atomic mass is 28.3. The first kappa shape index (κ1) is 32.2. The molecule has 1 amide bonds. The summed E-state index contributed by atoms with van der Waals surface area (Å²) in [6.07, 6.45) is -0.284. The quantitative estimate of drug-likeness (QED) is 0.321. The fraction of sp³-hybridized carbons (Fsp3) is 0.529. The third kappa shape index (κ3) is 7.04. The van der Waals surface area contributed by atoms with Crippen molar-refractivity contribution in [1.29, 1.82) is 0 Å². The number of carbonyl (C=O) groups excluding carboxylic acids is 2. The van der Waals surface area contributed by atoms with Crippen LogP contribution in [0.5, 0.6) is 5.75 Å². The number of amides is 1. The summed E-state index contributed by atoms with van der Waals surface area (Å²) >= 11 is 0. The lowest BCUT2D eigenvalue weighted by Gasteiger charge is -2.40. The fourth-order valence-corrected chi connectivity index (χ4v) is 7.00. The highest BCUT2D eigenvalue weighted by Crippen LogP contribution is 2.38. The number of fused-ring (bicyclic) bond motifs is 2. The molecule has 1 unspecified atom stereocenters. The lowest BCUT2D eigenvalue weighted by Crippen LogP contribution is -2.51. The van der Waals surface area contributed by atoms with E-state index in [1.807, 2.05) is 32.9 Å². The number of hydrogen-bond donors (Lipinski definition) is 2. The Hall–Kier alpha value is -3.18. The molecule has 10 heteroatoms. The van der Waals surface area contributed by atoms with Crippen molar-refractivity contribution in [3.05, 3.63) is 53.1 Å². The number of aromatic nitrogens is 1. The summed E-state index contributed by atoms with van der Waals surface area (Å²) in [4.78, 5) is 31.4. The van der Waals surface area contributed by atoms with Gasteiger partial charge in [0.1, 0.15) is 11.4 Å². The first-order valence-corrected chi connectivity index (χ1v) is 17.9. The molecule has 1 radical (unpaired) electrons. The normalized spacial score (nSPS) is 17.2. The molecule has 2 aromatic carbocycles. The summed E-state index contributed by atoms with van der Waals surface area (Å²) in [7, 11) is -0.774. The summed E-state index contributed by atoms with van der Waals surface area (Å²) in [6, 6.07) is 11.4. The van der Waals surface area contributed by atoms with Gasteiger partial charge in [0.25, 0.3) is 5.91 Å². The van der Waals surface area contributed by atoms with Gasteiger partial charge in [0, 0.05) is 62.3 Å². The van der Waals surface area contributed by atoms with Crippen LogP contribution in [0.2, 0.25) is 13.1 Å². The number of benzene rings is 2. The minimum absolute atomic E-state index is 0.0622. The van der Waals surface area contributed by atoms with Crippen molar-refractivity contribution in [2.75, 3.05) is 32.7 Å². The number of piperazine rings is 1. The van der Waals surface area contributed by atoms with Crippen molar-refractivity contribution in [3.63, 3.8) is 0 Å². The largest absolute Gasteiger partial charge is 0.508 e. The van der Waals surface area contributed by atoms with E-state index in [-0.39, 0.29) is 29.7 Å². The van der Waals surface area contributed by atoms with Crippen LogP contribution >= 0.6 is 0 Å². The maximum absolute atomic E-state index is 13.6. The summed E-state index contributed by atoms with van der Waals surface area (Å²) < 4.78 is 13.7. The van der Waals surface area contributed by atoms with Gasteiger partial charge in [-0.1, -0.05) is 26.8 Å². The van der Waals surface area contributed by atoms with Gasteiger partial charge in [0.2, 0.25) is 9.04 Å². The van der Waals surface area contributed by atoms with Crippen molar-refractivity contribution < 1.29 is 23.9 Å². The minimum atomic E-state index is -0.774. The van der Waals surface area contributed by atoms with Crippen LogP contribution in [0.3, 0.4) is 0 Å². The van der Waals surface area contributed by atoms with E-state index < -0.39 is 20.7 Å². The first-order valence-electron chi connectivity index (χ1n) is 15.5. The molecule has 0 aliphatic carbocycles. The van der Waals surface area contributed by atoms with E-state index in [2.05, 4.69) is 61.1 Å². The van der Waals surface area contributed by atoms with Gasteiger partial charge in [-0.2, -0.15) is 0 Å². The predicted octanol–water partition coefficient (Wildman–Crippen LogP) is 5.84. The molecule has 3 aromatic rings. The first-order chi connectivity index (χ1) is 20.6. The Balaban J connectivity index is 1.39. The van der Waals surface area contributed by atoms with Crippen LogP contribution in [0.4, 0.5) is 4.79 Å². The number of aromatic hydroxyl groups is 1. The van der Waals surface area contributed by atoms with Gasteiger partial charge in [-0.05, 0) is 75.2 Å². The SMILES string of the molecule is C[Si](C)OC(CN1CCN(Cc2ccc3c(c2)cc(-c2ccc(O)c4c2C(=O)NC4)n3C(=O)OC(C)(C)C)CC1)C(C)(C)C. The Kier molecular flexibility index (Phi) is 9.01. The number of nitrogens with zero attached hydrogens (tertiary/aromatic N) is 3. The third-order valence-electron chi connectivity index (χ3n) is 8.30. The number of ether oxygens (including phenoxy) is 1. The molecular formula is C34H47N4O5Si. The third-order valence-corrected chi connectivity index (χ3v) is 9.05. The van der Waals surface area contributed by atoms with Gasteiger partial charge < -0.3 is 19.6 Å². The molecule has 5 rings (SSSR count). The maximum Gasteiger partial charge on any atom is 0.419 e. The average molecular weight is 620 g/mol. The van der Waals surface area contributed by atoms with E-state index in [1.165, 1.54) is 0 Å². The van der Waals surface area contributed by atoms with Gasteiger partial charge in [-0.25, -0.2) is 9.36 Å². The fourth-order valence-electron chi connectivity index (χ4n) is 6.01. The maximum atomic E-state index is 13.6. The number of nitrogens with one attached hydrogen (secondary N) is 1. The second-order valence-corrected chi connectivity index (χ2v) is 16.4. The van der Waals surface area contributed by atoms with E-state index in [0.717, 1.165) is 50.2 Å². The Morgan fingerprint density at radius 2 is 1.68 bits per heavy atom. The Labute approximate surface area is 262 Å². The molecule has 9 nitrogen and oxygen atoms in total. The zero-order chi connectivity index (χ0) is 32.0. The van der Waals surface area contributed by atoms with Gasteiger partial charge >= 0.3 is 6.09 Å². The molecule has 0 saturated carbocycles. The van der Waals surface area contributed by atoms with Crippen molar-refractivity contribution in [2.24, 2.45) is 5.41 Å². The van der Waals surface area contributed by atoms with Crippen LogP contribution in [0.15, 0.2) is 36.4 Å². The smallest absolute Gasteiger partial charge is 0.419 e. The molecule has 1 fully saturated rings. The van der Waals surface area contributed by atoms with E-state index in [4.69, 9.17) is 9.16 Å². The molecular weight excluding hydrogens is 572 g/mol. The predicted molar refractivity (Wildman–Crippen MR) is 175 cm³/mol. The van der Waals surface area contributed by atoms with E-state index in [0.29, 0.717) is 27.9 Å². The zero-order valence-electron chi connectivity index (χ0n) is 27.4. The van der Waals surface area contributed by atoms with E-state index in [1.54, 1.807) is 16.7 Å². The monoisotopic (exact) mass is 619 g/mol. The molecule has 0 bridgehead atoms. The topological polar surface area (TPSA) is 96.3 Å². The molecule has 2 aliphatic rings. The average Bonchev–Trinajstić information content (AvgIpc) is 3.49. The van der Waals surface area contributed by atoms with Crippen molar-refractivity contribution >= 4 is 31.9 Å². The van der Waals surface area contributed by atoms with E-state index >= 15 is 0 Å². The van der Waals surface area contributed by atoms with Crippen LogP contribution in [-0.4, -0.2) is 84.9 Å². The number of phenols is 1. The van der Waals surface area contributed by atoms with Crippen LogP contribution < -0.4 is 5.32 Å².